The van der Waals surface area contributed by atoms with Gasteiger partial charge in [0, 0.05) is 10.9 Å². The lowest BCUT2D eigenvalue weighted by atomic mass is 10.1. The van der Waals surface area contributed by atoms with Gasteiger partial charge in [0.2, 0.25) is 0 Å². The number of hydrogen-bond donors (Lipinski definition) is 2. The minimum Gasteiger partial charge on any atom is -0.341 e. The highest BCUT2D eigenvalue weighted by molar-refractivity contribution is 7.10. The average molecular weight is 283 g/mol. The molecule has 2 heterocycles. The Kier molecular flexibility index (Phi) is 3.05. The number of nitrogens with one attached hydrogen (secondary N) is 2. The largest absolute Gasteiger partial charge is 0.341 e. The molecular formula is C16H17N3S. The standard InChI is InChI=1S/C16H17N3S/c1-2-5-13-12(4-1)18-15(19-13)10-17-16(11-7-8-11)14-6-3-9-20-14/h1-6,9,11,16-17H,7-8,10H2,(H,18,19). The SMILES string of the molecule is c1csc(C(NCc2nc3ccccc3[nH]2)C2CC2)c1. The number of aromatic amines is 1. The first-order valence-corrected chi connectivity index (χ1v) is 7.98. The molecule has 3 aromatic rings. The molecule has 2 aromatic heterocycles. The number of fused-ring (bicyclic) bond motifs is 1. The van der Waals surface area contributed by atoms with Gasteiger partial charge in [0.1, 0.15) is 5.82 Å². The van der Waals surface area contributed by atoms with Crippen LogP contribution in [0.3, 0.4) is 0 Å². The van der Waals surface area contributed by atoms with Crippen LogP contribution in [0, 0.1) is 5.92 Å². The molecule has 102 valence electrons. The van der Waals surface area contributed by atoms with Crippen LogP contribution < -0.4 is 5.32 Å². The van der Waals surface area contributed by atoms with Crippen LogP contribution >= 0.6 is 11.3 Å². The second-order valence-electron chi connectivity index (χ2n) is 5.41. The molecule has 1 aromatic carbocycles. The quantitative estimate of drug-likeness (QED) is 0.746. The Hall–Kier alpha value is -1.65. The molecule has 20 heavy (non-hydrogen) atoms. The third-order valence-corrected chi connectivity index (χ3v) is 4.83. The highest BCUT2D eigenvalue weighted by atomic mass is 32.1. The molecule has 0 radical (unpaired) electrons. The summed E-state index contributed by atoms with van der Waals surface area (Å²) in [5.74, 6) is 1.83. The van der Waals surface area contributed by atoms with Crippen molar-refractivity contribution in [3.8, 4) is 0 Å². The van der Waals surface area contributed by atoms with E-state index in [9.17, 15) is 0 Å². The van der Waals surface area contributed by atoms with E-state index in [2.05, 4.69) is 38.9 Å². The summed E-state index contributed by atoms with van der Waals surface area (Å²) in [5, 5.41) is 5.84. The number of benzene rings is 1. The number of hydrogen-bond acceptors (Lipinski definition) is 3. The molecular weight excluding hydrogens is 266 g/mol. The number of H-pyrrole nitrogens is 1. The molecule has 0 spiro atoms. The number of thiophene rings is 1. The van der Waals surface area contributed by atoms with Crippen molar-refractivity contribution in [2.75, 3.05) is 0 Å². The van der Waals surface area contributed by atoms with E-state index in [0.717, 1.165) is 29.3 Å². The van der Waals surface area contributed by atoms with Crippen LogP contribution in [0.15, 0.2) is 41.8 Å². The van der Waals surface area contributed by atoms with Crippen molar-refractivity contribution in [1.29, 1.82) is 0 Å². The van der Waals surface area contributed by atoms with E-state index in [4.69, 9.17) is 0 Å². The van der Waals surface area contributed by atoms with Gasteiger partial charge in [-0.2, -0.15) is 0 Å². The first-order valence-electron chi connectivity index (χ1n) is 7.10. The molecule has 2 N–H and O–H groups in total. The minimum absolute atomic E-state index is 0.489. The third kappa shape index (κ3) is 2.37. The Labute approximate surface area is 122 Å². The van der Waals surface area contributed by atoms with Crippen molar-refractivity contribution in [1.82, 2.24) is 15.3 Å². The van der Waals surface area contributed by atoms with Crippen LogP contribution in [0.1, 0.15) is 29.6 Å². The van der Waals surface area contributed by atoms with E-state index in [1.807, 2.05) is 29.5 Å². The number of aromatic nitrogens is 2. The smallest absolute Gasteiger partial charge is 0.121 e. The molecule has 1 saturated carbocycles. The maximum Gasteiger partial charge on any atom is 0.121 e. The second-order valence-corrected chi connectivity index (χ2v) is 6.39. The van der Waals surface area contributed by atoms with Crippen LogP contribution in [-0.4, -0.2) is 9.97 Å². The zero-order valence-electron chi connectivity index (χ0n) is 11.2. The molecule has 0 saturated heterocycles. The molecule has 1 fully saturated rings. The molecule has 3 nitrogen and oxygen atoms in total. The molecule has 1 unspecified atom stereocenters. The molecule has 4 rings (SSSR count). The van der Waals surface area contributed by atoms with Gasteiger partial charge in [0.25, 0.3) is 0 Å². The maximum atomic E-state index is 4.63. The van der Waals surface area contributed by atoms with Gasteiger partial charge in [-0.25, -0.2) is 4.98 Å². The maximum absolute atomic E-state index is 4.63. The van der Waals surface area contributed by atoms with Crippen molar-refractivity contribution < 1.29 is 0 Å². The topological polar surface area (TPSA) is 40.7 Å². The van der Waals surface area contributed by atoms with Crippen molar-refractivity contribution >= 4 is 22.4 Å². The summed E-state index contributed by atoms with van der Waals surface area (Å²) in [7, 11) is 0. The lowest BCUT2D eigenvalue weighted by Gasteiger charge is -2.15. The van der Waals surface area contributed by atoms with Gasteiger partial charge in [0.05, 0.1) is 17.6 Å². The summed E-state index contributed by atoms with van der Waals surface area (Å²) in [4.78, 5) is 9.46. The second kappa shape index (κ2) is 5.04. The van der Waals surface area contributed by atoms with E-state index < -0.39 is 0 Å². The highest BCUT2D eigenvalue weighted by Gasteiger charge is 2.32. The Balaban J connectivity index is 1.51. The van der Waals surface area contributed by atoms with E-state index in [0.29, 0.717) is 6.04 Å². The van der Waals surface area contributed by atoms with Crippen LogP contribution in [0.4, 0.5) is 0 Å². The number of para-hydroxylation sites is 2. The highest BCUT2D eigenvalue weighted by Crippen LogP contribution is 2.42. The summed E-state index contributed by atoms with van der Waals surface area (Å²) in [6, 6.07) is 13.0. The van der Waals surface area contributed by atoms with Gasteiger partial charge in [-0.15, -0.1) is 11.3 Å². The lowest BCUT2D eigenvalue weighted by Crippen LogP contribution is -2.22. The van der Waals surface area contributed by atoms with E-state index in [-0.39, 0.29) is 0 Å². The Morgan fingerprint density at radius 1 is 1.25 bits per heavy atom. The molecule has 1 aliphatic carbocycles. The Morgan fingerprint density at radius 3 is 2.90 bits per heavy atom. The van der Waals surface area contributed by atoms with Gasteiger partial charge < -0.3 is 10.3 Å². The molecule has 1 atom stereocenters. The number of imidazole rings is 1. The Morgan fingerprint density at radius 2 is 2.15 bits per heavy atom. The van der Waals surface area contributed by atoms with Gasteiger partial charge in [-0.1, -0.05) is 18.2 Å². The third-order valence-electron chi connectivity index (χ3n) is 3.87. The van der Waals surface area contributed by atoms with Gasteiger partial charge in [-0.05, 0) is 42.3 Å². The first-order chi connectivity index (χ1) is 9.90. The molecule has 4 heteroatoms. The van der Waals surface area contributed by atoms with Crippen LogP contribution in [0.25, 0.3) is 11.0 Å². The van der Waals surface area contributed by atoms with Crippen molar-refractivity contribution in [3.63, 3.8) is 0 Å². The molecule has 0 aliphatic heterocycles. The van der Waals surface area contributed by atoms with E-state index in [1.165, 1.54) is 17.7 Å². The van der Waals surface area contributed by atoms with Gasteiger partial charge in [-0.3, -0.25) is 0 Å². The minimum atomic E-state index is 0.489. The van der Waals surface area contributed by atoms with Crippen LogP contribution in [0.5, 0.6) is 0 Å². The molecule has 1 aliphatic rings. The van der Waals surface area contributed by atoms with Crippen molar-refractivity contribution in [2.45, 2.75) is 25.4 Å². The first kappa shape index (κ1) is 12.1. The van der Waals surface area contributed by atoms with Gasteiger partial charge in [0.15, 0.2) is 0 Å². The van der Waals surface area contributed by atoms with Crippen molar-refractivity contribution in [2.24, 2.45) is 5.92 Å². The molecule has 0 bridgehead atoms. The zero-order valence-corrected chi connectivity index (χ0v) is 12.0. The summed E-state index contributed by atoms with van der Waals surface area (Å²) < 4.78 is 0. The number of nitrogens with zero attached hydrogens (tertiary/aromatic N) is 1. The van der Waals surface area contributed by atoms with E-state index in [1.54, 1.807) is 0 Å². The van der Waals surface area contributed by atoms with Crippen LogP contribution in [-0.2, 0) is 6.54 Å². The summed E-state index contributed by atoms with van der Waals surface area (Å²) in [6.45, 7) is 0.799. The van der Waals surface area contributed by atoms with E-state index >= 15 is 0 Å². The van der Waals surface area contributed by atoms with Crippen LogP contribution in [0.2, 0.25) is 0 Å². The monoisotopic (exact) mass is 283 g/mol. The summed E-state index contributed by atoms with van der Waals surface area (Å²) in [5.41, 5.74) is 2.16. The zero-order chi connectivity index (χ0) is 13.4. The fraction of sp³-hybridized carbons (Fsp3) is 0.312. The Bertz CT molecular complexity index is 664. The summed E-state index contributed by atoms with van der Waals surface area (Å²) in [6.07, 6.45) is 2.69. The summed E-state index contributed by atoms with van der Waals surface area (Å²) >= 11 is 1.85. The fourth-order valence-electron chi connectivity index (χ4n) is 2.69. The predicted molar refractivity (Wildman–Crippen MR) is 82.7 cm³/mol. The molecule has 0 amide bonds. The van der Waals surface area contributed by atoms with Gasteiger partial charge >= 0.3 is 0 Å². The number of rotatable bonds is 5. The normalized spacial score (nSPS) is 16.6. The fourth-order valence-corrected chi connectivity index (χ4v) is 3.59. The van der Waals surface area contributed by atoms with Crippen molar-refractivity contribution in [3.05, 3.63) is 52.5 Å². The average Bonchev–Trinajstić information content (AvgIpc) is 3.01. The lowest BCUT2D eigenvalue weighted by molar-refractivity contribution is 0.481. The predicted octanol–water partition coefficient (Wildman–Crippen LogP) is 3.87.